The number of rotatable bonds is 22. The van der Waals surface area contributed by atoms with Crippen LogP contribution in [-0.2, 0) is 25.6 Å². The molecule has 1 aromatic carbocycles. The fourth-order valence-corrected chi connectivity index (χ4v) is 4.17. The van der Waals surface area contributed by atoms with Gasteiger partial charge in [-0.1, -0.05) is 30.3 Å². The number of hydrogen-bond donors (Lipinski definition) is 9. The van der Waals surface area contributed by atoms with Crippen molar-refractivity contribution in [1.29, 1.82) is 0 Å². The molecule has 0 aliphatic rings. The van der Waals surface area contributed by atoms with Crippen LogP contribution in [0.2, 0.25) is 0 Å². The van der Waals surface area contributed by atoms with Gasteiger partial charge in [0.1, 0.15) is 18.1 Å². The van der Waals surface area contributed by atoms with Crippen molar-refractivity contribution in [2.75, 3.05) is 32.8 Å². The van der Waals surface area contributed by atoms with Crippen LogP contribution in [0, 0.1) is 0 Å². The maximum Gasteiger partial charge on any atom is 0.243 e. The second-order valence-electron chi connectivity index (χ2n) is 9.94. The predicted octanol–water partition coefficient (Wildman–Crippen LogP) is -1.90. The molecule has 3 atom stereocenters. The molecule has 0 saturated carbocycles. The second kappa shape index (κ2) is 21.9. The number of amides is 4. The minimum absolute atomic E-state index is 0.0168. The van der Waals surface area contributed by atoms with Crippen molar-refractivity contribution >= 4 is 29.6 Å². The molecular weight excluding hydrogens is 542 g/mol. The highest BCUT2D eigenvalue weighted by atomic mass is 16.3. The molecule has 0 fully saturated rings. The van der Waals surface area contributed by atoms with Crippen molar-refractivity contribution in [2.24, 2.45) is 27.9 Å². The number of aliphatic imine (C=N–C) groups is 1. The number of benzene rings is 1. The molecule has 1 rings (SSSR count). The van der Waals surface area contributed by atoms with E-state index in [9.17, 15) is 19.2 Å². The van der Waals surface area contributed by atoms with Crippen LogP contribution in [-0.4, -0.2) is 85.6 Å². The third-order valence-electron chi connectivity index (χ3n) is 6.38. The number of nitrogens with two attached hydrogens (primary N) is 4. The van der Waals surface area contributed by atoms with Gasteiger partial charge in [-0.05, 0) is 70.0 Å². The summed E-state index contributed by atoms with van der Waals surface area (Å²) in [5.41, 5.74) is 22.8. The highest BCUT2D eigenvalue weighted by Gasteiger charge is 2.29. The van der Waals surface area contributed by atoms with Crippen LogP contribution in [0.3, 0.4) is 0 Å². The minimum atomic E-state index is -0.974. The first-order chi connectivity index (χ1) is 20.2. The number of nitrogens with zero attached hydrogens (tertiary/aromatic N) is 1. The second-order valence-corrected chi connectivity index (χ2v) is 9.94. The Hall–Kier alpha value is -3.75. The Morgan fingerprint density at radius 2 is 1.26 bits per heavy atom. The lowest BCUT2D eigenvalue weighted by atomic mass is 10.0. The topological polar surface area (TPSA) is 253 Å². The standard InChI is InChI=1S/C28H49N9O5/c29-14-6-4-11-22(35-24(39)19-20-9-2-1-3-10-20)26(41)37-23(12-5-7-15-30)27(42)36-21(25(40)33-17-18-38)13-8-16-34-28(31)32/h1-3,9-10,21-23,38H,4-8,11-19,29-30H2,(H,33,40)(H,35,39)(H,36,42)(H,37,41)(H4,31,32,34)/t21-,22-,23-/m0/s1. The third-order valence-corrected chi connectivity index (χ3v) is 6.38. The van der Waals surface area contributed by atoms with Crippen molar-refractivity contribution in [3.8, 4) is 0 Å². The monoisotopic (exact) mass is 591 g/mol. The van der Waals surface area contributed by atoms with Crippen LogP contribution in [0.5, 0.6) is 0 Å². The molecule has 0 bridgehead atoms. The van der Waals surface area contributed by atoms with Crippen molar-refractivity contribution in [3.05, 3.63) is 35.9 Å². The van der Waals surface area contributed by atoms with Crippen molar-refractivity contribution < 1.29 is 24.3 Å². The molecule has 0 aromatic heterocycles. The minimum Gasteiger partial charge on any atom is -0.395 e. The van der Waals surface area contributed by atoms with E-state index in [4.69, 9.17) is 28.0 Å². The molecule has 1 aromatic rings. The summed E-state index contributed by atoms with van der Waals surface area (Å²) in [6.45, 7) is 0.865. The summed E-state index contributed by atoms with van der Waals surface area (Å²) in [6.07, 6.45) is 3.81. The van der Waals surface area contributed by atoms with Crippen LogP contribution in [0.4, 0.5) is 0 Å². The van der Waals surface area contributed by atoms with Crippen LogP contribution in [0.15, 0.2) is 35.3 Å². The van der Waals surface area contributed by atoms with Gasteiger partial charge in [-0.3, -0.25) is 24.2 Å². The van der Waals surface area contributed by atoms with E-state index in [1.54, 1.807) is 0 Å². The number of aliphatic hydroxyl groups is 1. The van der Waals surface area contributed by atoms with E-state index in [0.717, 1.165) is 5.56 Å². The molecule has 14 heteroatoms. The van der Waals surface area contributed by atoms with Crippen LogP contribution < -0.4 is 44.2 Å². The predicted molar refractivity (Wildman–Crippen MR) is 162 cm³/mol. The summed E-state index contributed by atoms with van der Waals surface area (Å²) in [7, 11) is 0. The van der Waals surface area contributed by atoms with E-state index in [2.05, 4.69) is 26.3 Å². The van der Waals surface area contributed by atoms with E-state index < -0.39 is 35.8 Å². The molecule has 14 nitrogen and oxygen atoms in total. The van der Waals surface area contributed by atoms with E-state index in [-0.39, 0.29) is 50.8 Å². The number of carbonyl (C=O) groups is 4. The Morgan fingerprint density at radius 3 is 1.79 bits per heavy atom. The lowest BCUT2D eigenvalue weighted by Gasteiger charge is -2.25. The zero-order valence-electron chi connectivity index (χ0n) is 24.4. The average molecular weight is 592 g/mol. The van der Waals surface area contributed by atoms with Crippen LogP contribution >= 0.6 is 0 Å². The molecule has 236 valence electrons. The molecule has 0 aliphatic carbocycles. The Kier molecular flexibility index (Phi) is 18.9. The molecule has 0 spiro atoms. The van der Waals surface area contributed by atoms with Crippen LogP contribution in [0.25, 0.3) is 0 Å². The van der Waals surface area contributed by atoms with Crippen molar-refractivity contribution in [1.82, 2.24) is 21.3 Å². The number of unbranched alkanes of at least 4 members (excludes halogenated alkanes) is 2. The molecule has 0 aliphatic heterocycles. The highest BCUT2D eigenvalue weighted by Crippen LogP contribution is 2.08. The lowest BCUT2D eigenvalue weighted by Crippen LogP contribution is -2.57. The Balaban J connectivity index is 3.02. The number of carbonyl (C=O) groups excluding carboxylic acids is 4. The quantitative estimate of drug-likeness (QED) is 0.0414. The molecule has 0 unspecified atom stereocenters. The Morgan fingerprint density at radius 1 is 0.738 bits per heavy atom. The van der Waals surface area contributed by atoms with E-state index in [1.165, 1.54) is 0 Å². The summed E-state index contributed by atoms with van der Waals surface area (Å²) in [6, 6.07) is 6.37. The maximum absolute atomic E-state index is 13.4. The molecule has 0 heterocycles. The van der Waals surface area contributed by atoms with Gasteiger partial charge in [-0.25, -0.2) is 0 Å². The zero-order valence-corrected chi connectivity index (χ0v) is 24.4. The summed E-state index contributed by atoms with van der Waals surface area (Å²) in [5, 5.41) is 19.9. The Labute approximate surface area is 247 Å². The van der Waals surface area contributed by atoms with E-state index >= 15 is 0 Å². The normalized spacial score (nSPS) is 12.8. The summed E-state index contributed by atoms with van der Waals surface area (Å²) < 4.78 is 0. The van der Waals surface area contributed by atoms with Gasteiger partial charge < -0.3 is 49.3 Å². The summed E-state index contributed by atoms with van der Waals surface area (Å²) in [5.74, 6) is -1.94. The molecular formula is C28H49N9O5. The number of guanidine groups is 1. The first-order valence-electron chi connectivity index (χ1n) is 14.5. The molecule has 0 radical (unpaired) electrons. The number of hydrogen-bond acceptors (Lipinski definition) is 8. The third kappa shape index (κ3) is 15.9. The average Bonchev–Trinajstić information content (AvgIpc) is 2.96. The van der Waals surface area contributed by atoms with Gasteiger partial charge in [0.05, 0.1) is 13.0 Å². The van der Waals surface area contributed by atoms with Gasteiger partial charge in [-0.15, -0.1) is 0 Å². The highest BCUT2D eigenvalue weighted by molar-refractivity contribution is 5.94. The van der Waals surface area contributed by atoms with Gasteiger partial charge in [0.15, 0.2) is 5.96 Å². The van der Waals surface area contributed by atoms with Gasteiger partial charge >= 0.3 is 0 Å². The van der Waals surface area contributed by atoms with Crippen molar-refractivity contribution in [2.45, 2.75) is 75.9 Å². The smallest absolute Gasteiger partial charge is 0.243 e. The number of aliphatic hydroxyl groups excluding tert-OH is 1. The summed E-state index contributed by atoms with van der Waals surface area (Å²) >= 11 is 0. The Bertz CT molecular complexity index is 974. The molecule has 4 amide bonds. The zero-order chi connectivity index (χ0) is 31.2. The van der Waals surface area contributed by atoms with E-state index in [1.807, 2.05) is 30.3 Å². The fourth-order valence-electron chi connectivity index (χ4n) is 4.17. The van der Waals surface area contributed by atoms with Crippen LogP contribution in [0.1, 0.15) is 56.9 Å². The first kappa shape index (κ1) is 36.3. The van der Waals surface area contributed by atoms with E-state index in [0.29, 0.717) is 51.6 Å². The fraction of sp³-hybridized carbons (Fsp3) is 0.607. The van der Waals surface area contributed by atoms with Gasteiger partial charge in [0, 0.05) is 13.1 Å². The molecule has 42 heavy (non-hydrogen) atoms. The lowest BCUT2D eigenvalue weighted by molar-refractivity contribution is -0.134. The SMILES string of the molecule is NCCCC[C@H](NC(=O)Cc1ccccc1)C(=O)N[C@@H](CCCCN)C(=O)N[C@@H](CCCN=C(N)N)C(=O)NCCO. The molecule has 13 N–H and O–H groups in total. The van der Waals surface area contributed by atoms with Gasteiger partial charge in [0.2, 0.25) is 23.6 Å². The molecule has 0 saturated heterocycles. The first-order valence-corrected chi connectivity index (χ1v) is 14.5. The summed E-state index contributed by atoms with van der Waals surface area (Å²) in [4.78, 5) is 56.2. The van der Waals surface area contributed by atoms with Gasteiger partial charge in [0.25, 0.3) is 0 Å². The largest absolute Gasteiger partial charge is 0.395 e. The number of nitrogens with one attached hydrogen (secondary N) is 4. The van der Waals surface area contributed by atoms with Gasteiger partial charge in [-0.2, -0.15) is 0 Å². The van der Waals surface area contributed by atoms with Crippen molar-refractivity contribution in [3.63, 3.8) is 0 Å². The maximum atomic E-state index is 13.4.